The van der Waals surface area contributed by atoms with Crippen LogP contribution in [-0.4, -0.2) is 32.3 Å². The molecule has 0 bridgehead atoms. The molecule has 2 aromatic rings. The van der Waals surface area contributed by atoms with Gasteiger partial charge in [0.25, 0.3) is 0 Å². The van der Waals surface area contributed by atoms with Gasteiger partial charge in [-0.25, -0.2) is 12.8 Å². The molecule has 0 aliphatic rings. The highest BCUT2D eigenvalue weighted by atomic mass is 35.5. The average molecular weight is 406 g/mol. The molecule has 0 aliphatic carbocycles. The lowest BCUT2D eigenvalue weighted by atomic mass is 10.2. The largest absolute Gasteiger partial charge is 0.468 e. The summed E-state index contributed by atoms with van der Waals surface area (Å²) in [6, 6.07) is 9.74. The van der Waals surface area contributed by atoms with Crippen LogP contribution in [0.1, 0.15) is 5.56 Å². The van der Waals surface area contributed by atoms with E-state index in [2.05, 4.69) is 4.74 Å². The van der Waals surface area contributed by atoms with Crippen molar-refractivity contribution in [1.29, 1.82) is 0 Å². The van der Waals surface area contributed by atoms with Gasteiger partial charge in [0, 0.05) is 16.6 Å². The molecule has 9 heteroatoms. The van der Waals surface area contributed by atoms with E-state index in [1.54, 1.807) is 24.3 Å². The second-order valence-corrected chi connectivity index (χ2v) is 7.77. The molecule has 0 radical (unpaired) electrons. The minimum atomic E-state index is -4.33. The molecule has 0 heterocycles. The molecule has 25 heavy (non-hydrogen) atoms. The van der Waals surface area contributed by atoms with Crippen LogP contribution in [0.5, 0.6) is 0 Å². The maximum absolute atomic E-state index is 14.1. The lowest BCUT2D eigenvalue weighted by Crippen LogP contribution is -2.36. The summed E-state index contributed by atoms with van der Waals surface area (Å²) in [5, 5.41) is 0.381. The van der Waals surface area contributed by atoms with Crippen LogP contribution in [0.2, 0.25) is 10.0 Å². The van der Waals surface area contributed by atoms with Gasteiger partial charge in [-0.2, -0.15) is 4.31 Å². The zero-order valence-corrected chi connectivity index (χ0v) is 15.4. The molecule has 0 amide bonds. The van der Waals surface area contributed by atoms with Crippen molar-refractivity contribution in [3.8, 4) is 0 Å². The highest BCUT2D eigenvalue weighted by Crippen LogP contribution is 2.25. The first-order valence-corrected chi connectivity index (χ1v) is 9.20. The fourth-order valence-electron chi connectivity index (χ4n) is 2.07. The van der Waals surface area contributed by atoms with Gasteiger partial charge in [0.15, 0.2) is 0 Å². The molecule has 0 fully saturated rings. The van der Waals surface area contributed by atoms with E-state index in [1.807, 2.05) is 0 Å². The molecule has 0 saturated carbocycles. The Morgan fingerprint density at radius 1 is 1.20 bits per heavy atom. The zero-order chi connectivity index (χ0) is 18.6. The summed E-state index contributed by atoms with van der Waals surface area (Å²) in [5.74, 6) is -1.80. The molecule has 0 N–H and O–H groups in total. The summed E-state index contributed by atoms with van der Waals surface area (Å²) in [5.41, 5.74) is 0.464. The average Bonchev–Trinajstić information content (AvgIpc) is 2.55. The van der Waals surface area contributed by atoms with Crippen molar-refractivity contribution < 1.29 is 22.3 Å². The Morgan fingerprint density at radius 3 is 2.48 bits per heavy atom. The number of ether oxygens (including phenoxy) is 1. The molecular formula is C16H14Cl2FNO4S. The number of carbonyl (C=O) groups excluding carboxylic acids is 1. The number of benzene rings is 2. The van der Waals surface area contributed by atoms with Crippen LogP contribution >= 0.6 is 23.2 Å². The third-order valence-electron chi connectivity index (χ3n) is 3.35. The Bertz CT molecular complexity index is 889. The van der Waals surface area contributed by atoms with Crippen LogP contribution in [0.15, 0.2) is 47.4 Å². The maximum atomic E-state index is 14.1. The number of rotatable bonds is 6. The van der Waals surface area contributed by atoms with E-state index in [0.717, 1.165) is 23.5 Å². The van der Waals surface area contributed by atoms with Crippen molar-refractivity contribution in [1.82, 2.24) is 4.31 Å². The van der Waals surface area contributed by atoms with Crippen LogP contribution in [-0.2, 0) is 26.1 Å². The molecule has 0 spiro atoms. The van der Waals surface area contributed by atoms with Gasteiger partial charge >= 0.3 is 5.97 Å². The number of carbonyl (C=O) groups is 1. The summed E-state index contributed by atoms with van der Waals surface area (Å²) in [4.78, 5) is 11.0. The Hall–Kier alpha value is -1.67. The molecule has 2 aromatic carbocycles. The van der Waals surface area contributed by atoms with Gasteiger partial charge in [-0.3, -0.25) is 4.79 Å². The van der Waals surface area contributed by atoms with Gasteiger partial charge in [0.2, 0.25) is 10.0 Å². The molecule has 0 saturated heterocycles. The smallest absolute Gasteiger partial charge is 0.321 e. The fraction of sp³-hybridized carbons (Fsp3) is 0.188. The van der Waals surface area contributed by atoms with Crippen LogP contribution < -0.4 is 0 Å². The van der Waals surface area contributed by atoms with E-state index >= 15 is 0 Å². The van der Waals surface area contributed by atoms with E-state index < -0.39 is 33.3 Å². The molecule has 0 aromatic heterocycles. The highest BCUT2D eigenvalue weighted by molar-refractivity contribution is 7.89. The first-order chi connectivity index (χ1) is 11.8. The minimum absolute atomic E-state index is 0.0575. The maximum Gasteiger partial charge on any atom is 0.321 e. The fourth-order valence-corrected chi connectivity index (χ4v) is 3.84. The Kier molecular flexibility index (Phi) is 6.40. The van der Waals surface area contributed by atoms with E-state index in [1.165, 1.54) is 6.07 Å². The standard InChI is InChI=1S/C16H14Cl2FNO4S/c1-24-16(21)10-20(9-11-4-2-3-5-13(11)18)25(22,23)15-7-6-12(17)8-14(15)19/h2-8H,9-10H2,1H3. The van der Waals surface area contributed by atoms with Crippen molar-refractivity contribution in [2.45, 2.75) is 11.4 Å². The zero-order valence-electron chi connectivity index (χ0n) is 13.1. The lowest BCUT2D eigenvalue weighted by Gasteiger charge is -2.22. The van der Waals surface area contributed by atoms with E-state index in [9.17, 15) is 17.6 Å². The number of halogens is 3. The summed E-state index contributed by atoms with van der Waals surface area (Å²) < 4.78 is 45.1. The predicted octanol–water partition coefficient (Wildman–Crippen LogP) is 3.50. The second kappa shape index (κ2) is 8.14. The van der Waals surface area contributed by atoms with Crippen LogP contribution in [0.25, 0.3) is 0 Å². The van der Waals surface area contributed by atoms with Gasteiger partial charge in [0.05, 0.1) is 7.11 Å². The van der Waals surface area contributed by atoms with Crippen molar-refractivity contribution in [2.75, 3.05) is 13.7 Å². The second-order valence-electron chi connectivity index (χ2n) is 5.02. The third kappa shape index (κ3) is 4.70. The van der Waals surface area contributed by atoms with Gasteiger partial charge in [0.1, 0.15) is 17.3 Å². The monoisotopic (exact) mass is 405 g/mol. The Labute approximate surface area is 155 Å². The van der Waals surface area contributed by atoms with Gasteiger partial charge in [-0.15, -0.1) is 0 Å². The summed E-state index contributed by atoms with van der Waals surface area (Å²) in [6.45, 7) is -0.814. The van der Waals surface area contributed by atoms with Gasteiger partial charge in [-0.1, -0.05) is 41.4 Å². The van der Waals surface area contributed by atoms with Crippen LogP contribution in [0.4, 0.5) is 4.39 Å². The Balaban J connectivity index is 2.46. The number of nitrogens with zero attached hydrogens (tertiary/aromatic N) is 1. The highest BCUT2D eigenvalue weighted by Gasteiger charge is 2.30. The van der Waals surface area contributed by atoms with Crippen LogP contribution in [0, 0.1) is 5.82 Å². The molecule has 134 valence electrons. The van der Waals surface area contributed by atoms with E-state index in [4.69, 9.17) is 23.2 Å². The van der Waals surface area contributed by atoms with Crippen molar-refractivity contribution >= 4 is 39.2 Å². The number of hydrogen-bond donors (Lipinski definition) is 0. The molecule has 0 unspecified atom stereocenters. The number of esters is 1. The molecule has 5 nitrogen and oxygen atoms in total. The summed E-state index contributed by atoms with van der Waals surface area (Å²) in [6.07, 6.45) is 0. The minimum Gasteiger partial charge on any atom is -0.468 e. The quantitative estimate of drug-likeness (QED) is 0.689. The van der Waals surface area contributed by atoms with Crippen LogP contribution in [0.3, 0.4) is 0 Å². The predicted molar refractivity (Wildman–Crippen MR) is 92.5 cm³/mol. The van der Waals surface area contributed by atoms with E-state index in [0.29, 0.717) is 10.6 Å². The first kappa shape index (κ1) is 19.7. The molecule has 0 atom stereocenters. The lowest BCUT2D eigenvalue weighted by molar-refractivity contribution is -0.140. The van der Waals surface area contributed by atoms with Gasteiger partial charge in [-0.05, 0) is 29.8 Å². The topological polar surface area (TPSA) is 63.7 Å². The summed E-state index contributed by atoms with van der Waals surface area (Å²) >= 11 is 11.7. The van der Waals surface area contributed by atoms with Crippen molar-refractivity contribution in [3.63, 3.8) is 0 Å². The molecule has 0 aliphatic heterocycles. The molecule has 2 rings (SSSR count). The SMILES string of the molecule is COC(=O)CN(Cc1ccccc1Cl)S(=O)(=O)c1ccc(Cl)cc1F. The number of methoxy groups -OCH3 is 1. The number of hydrogen-bond acceptors (Lipinski definition) is 4. The first-order valence-electron chi connectivity index (χ1n) is 7.01. The van der Waals surface area contributed by atoms with Crippen molar-refractivity contribution in [2.24, 2.45) is 0 Å². The van der Waals surface area contributed by atoms with Gasteiger partial charge < -0.3 is 4.74 Å². The number of sulfonamides is 1. The third-order valence-corrected chi connectivity index (χ3v) is 5.78. The van der Waals surface area contributed by atoms with E-state index in [-0.39, 0.29) is 11.6 Å². The summed E-state index contributed by atoms with van der Waals surface area (Å²) in [7, 11) is -3.20. The molecular weight excluding hydrogens is 392 g/mol. The normalized spacial score (nSPS) is 11.6. The Morgan fingerprint density at radius 2 is 1.88 bits per heavy atom. The van der Waals surface area contributed by atoms with Crippen molar-refractivity contribution in [3.05, 3.63) is 63.9 Å².